The maximum atomic E-state index is 13.1. The highest BCUT2D eigenvalue weighted by Crippen LogP contribution is 2.23. The van der Waals surface area contributed by atoms with Crippen LogP contribution in [0, 0.1) is 11.2 Å². The summed E-state index contributed by atoms with van der Waals surface area (Å²) in [5.74, 6) is 4.43. The fourth-order valence-corrected chi connectivity index (χ4v) is 1.21. The van der Waals surface area contributed by atoms with Gasteiger partial charge in [-0.15, -0.1) is 0 Å². The lowest BCUT2D eigenvalue weighted by atomic mass is 9.94. The Morgan fingerprint density at radius 1 is 1.59 bits per heavy atom. The van der Waals surface area contributed by atoms with Gasteiger partial charge in [-0.3, -0.25) is 10.2 Å². The molecule has 0 aliphatic rings. The van der Waals surface area contributed by atoms with Crippen LogP contribution in [0.4, 0.5) is 4.39 Å². The molecule has 1 amide bonds. The number of rotatable bonds is 4. The standard InChI is InChI=1S/C11H14ClFN2O2/c1-11(2,10(16)15-14)6-17-7-3-4-8(12)9(13)5-7/h3-5H,6,14H2,1-2H3,(H,15,16). The Balaban J connectivity index is 2.67. The smallest absolute Gasteiger partial charge is 0.242 e. The minimum Gasteiger partial charge on any atom is -0.492 e. The Hall–Kier alpha value is -1.33. The van der Waals surface area contributed by atoms with E-state index < -0.39 is 11.2 Å². The molecule has 1 aromatic carbocycles. The van der Waals surface area contributed by atoms with Gasteiger partial charge in [-0.05, 0) is 26.0 Å². The van der Waals surface area contributed by atoms with E-state index in [0.717, 1.165) is 0 Å². The van der Waals surface area contributed by atoms with Gasteiger partial charge in [-0.25, -0.2) is 10.2 Å². The molecule has 0 heterocycles. The minimum absolute atomic E-state index is 0.0244. The van der Waals surface area contributed by atoms with Crippen molar-refractivity contribution in [3.8, 4) is 5.75 Å². The minimum atomic E-state index is -0.801. The molecule has 94 valence electrons. The van der Waals surface area contributed by atoms with Crippen LogP contribution in [0.3, 0.4) is 0 Å². The molecule has 0 saturated carbocycles. The van der Waals surface area contributed by atoms with E-state index in [1.165, 1.54) is 18.2 Å². The number of hydrogen-bond acceptors (Lipinski definition) is 3. The molecule has 0 radical (unpaired) electrons. The van der Waals surface area contributed by atoms with Gasteiger partial charge in [0.1, 0.15) is 18.2 Å². The molecule has 4 nitrogen and oxygen atoms in total. The molecule has 1 aromatic rings. The van der Waals surface area contributed by atoms with Crippen molar-refractivity contribution in [3.63, 3.8) is 0 Å². The topological polar surface area (TPSA) is 64.3 Å². The summed E-state index contributed by atoms with van der Waals surface area (Å²) in [7, 11) is 0. The third kappa shape index (κ3) is 3.57. The van der Waals surface area contributed by atoms with Crippen molar-refractivity contribution in [2.45, 2.75) is 13.8 Å². The second kappa shape index (κ2) is 5.33. The molecule has 0 fully saturated rings. The van der Waals surface area contributed by atoms with Crippen LogP contribution in [-0.2, 0) is 4.79 Å². The van der Waals surface area contributed by atoms with E-state index in [1.807, 2.05) is 5.43 Å². The average Bonchev–Trinajstić information content (AvgIpc) is 2.29. The SMILES string of the molecule is CC(C)(COc1ccc(Cl)c(F)c1)C(=O)NN. The predicted molar refractivity (Wildman–Crippen MR) is 63.0 cm³/mol. The molecule has 1 rings (SSSR count). The molecule has 17 heavy (non-hydrogen) atoms. The van der Waals surface area contributed by atoms with Crippen LogP contribution in [0.5, 0.6) is 5.75 Å². The molecular weight excluding hydrogens is 247 g/mol. The average molecular weight is 261 g/mol. The van der Waals surface area contributed by atoms with Crippen LogP contribution < -0.4 is 16.0 Å². The lowest BCUT2D eigenvalue weighted by Crippen LogP contribution is -2.44. The fraction of sp³-hybridized carbons (Fsp3) is 0.364. The lowest BCUT2D eigenvalue weighted by molar-refractivity contribution is -0.130. The van der Waals surface area contributed by atoms with Crippen LogP contribution in [0.25, 0.3) is 0 Å². The zero-order valence-electron chi connectivity index (χ0n) is 9.59. The second-order valence-electron chi connectivity index (χ2n) is 4.22. The van der Waals surface area contributed by atoms with Crippen LogP contribution in [0.1, 0.15) is 13.8 Å². The number of ether oxygens (including phenoxy) is 1. The molecule has 6 heteroatoms. The van der Waals surface area contributed by atoms with Crippen LogP contribution >= 0.6 is 11.6 Å². The third-order valence-electron chi connectivity index (χ3n) is 2.24. The first-order valence-electron chi connectivity index (χ1n) is 4.96. The molecule has 0 saturated heterocycles. The predicted octanol–water partition coefficient (Wildman–Crippen LogP) is 1.87. The third-order valence-corrected chi connectivity index (χ3v) is 2.54. The molecule has 0 spiro atoms. The summed E-state index contributed by atoms with van der Waals surface area (Å²) in [5.41, 5.74) is 1.25. The van der Waals surface area contributed by atoms with E-state index >= 15 is 0 Å². The second-order valence-corrected chi connectivity index (χ2v) is 4.63. The molecule has 0 atom stereocenters. The molecule has 0 aromatic heterocycles. The van der Waals surface area contributed by atoms with Crippen molar-refractivity contribution in [2.75, 3.05) is 6.61 Å². The summed E-state index contributed by atoms with van der Waals surface area (Å²) in [5, 5.41) is 0.0244. The number of halogens is 2. The van der Waals surface area contributed by atoms with Gasteiger partial charge in [0.25, 0.3) is 0 Å². The highest BCUT2D eigenvalue weighted by molar-refractivity contribution is 6.30. The fourth-order valence-electron chi connectivity index (χ4n) is 1.09. The maximum absolute atomic E-state index is 13.1. The maximum Gasteiger partial charge on any atom is 0.242 e. The Bertz CT molecular complexity index is 424. The number of benzene rings is 1. The Morgan fingerprint density at radius 3 is 2.76 bits per heavy atom. The van der Waals surface area contributed by atoms with Crippen molar-refractivity contribution < 1.29 is 13.9 Å². The quantitative estimate of drug-likeness (QED) is 0.494. The van der Waals surface area contributed by atoms with Crippen molar-refractivity contribution in [1.82, 2.24) is 5.43 Å². The Kier molecular flexibility index (Phi) is 4.31. The Labute approximate surface area is 104 Å². The van der Waals surface area contributed by atoms with Crippen LogP contribution in [0.15, 0.2) is 18.2 Å². The van der Waals surface area contributed by atoms with E-state index in [-0.39, 0.29) is 17.5 Å². The van der Waals surface area contributed by atoms with E-state index in [9.17, 15) is 9.18 Å². The number of carbonyl (C=O) groups is 1. The van der Waals surface area contributed by atoms with Gasteiger partial charge < -0.3 is 4.74 Å². The lowest BCUT2D eigenvalue weighted by Gasteiger charge is -2.22. The van der Waals surface area contributed by atoms with E-state index in [1.54, 1.807) is 13.8 Å². The van der Waals surface area contributed by atoms with Crippen molar-refractivity contribution >= 4 is 17.5 Å². The van der Waals surface area contributed by atoms with Crippen molar-refractivity contribution in [3.05, 3.63) is 29.0 Å². The number of amides is 1. The van der Waals surface area contributed by atoms with Gasteiger partial charge in [0.05, 0.1) is 10.4 Å². The molecule has 3 N–H and O–H groups in total. The van der Waals surface area contributed by atoms with Gasteiger partial charge in [-0.1, -0.05) is 11.6 Å². The zero-order chi connectivity index (χ0) is 13.1. The molecular formula is C11H14ClFN2O2. The van der Waals surface area contributed by atoms with Crippen LogP contribution in [-0.4, -0.2) is 12.5 Å². The highest BCUT2D eigenvalue weighted by Gasteiger charge is 2.28. The number of carbonyl (C=O) groups excluding carboxylic acids is 1. The largest absolute Gasteiger partial charge is 0.492 e. The van der Waals surface area contributed by atoms with Crippen molar-refractivity contribution in [2.24, 2.45) is 11.3 Å². The first kappa shape index (κ1) is 13.7. The molecule has 0 bridgehead atoms. The number of hydrogen-bond donors (Lipinski definition) is 2. The summed E-state index contributed by atoms with van der Waals surface area (Å²) < 4.78 is 18.4. The van der Waals surface area contributed by atoms with Gasteiger partial charge in [-0.2, -0.15) is 0 Å². The molecule has 0 unspecified atom stereocenters. The van der Waals surface area contributed by atoms with Gasteiger partial charge in [0.15, 0.2) is 0 Å². The number of nitrogens with one attached hydrogen (secondary N) is 1. The van der Waals surface area contributed by atoms with Gasteiger partial charge in [0.2, 0.25) is 5.91 Å². The molecule has 0 aliphatic heterocycles. The highest BCUT2D eigenvalue weighted by atomic mass is 35.5. The summed E-state index contributed by atoms with van der Waals surface area (Å²) in [6.45, 7) is 3.42. The monoisotopic (exact) mass is 260 g/mol. The Morgan fingerprint density at radius 2 is 2.24 bits per heavy atom. The zero-order valence-corrected chi connectivity index (χ0v) is 10.3. The summed E-state index contributed by atoms with van der Waals surface area (Å²) >= 11 is 5.53. The first-order chi connectivity index (χ1) is 7.86. The van der Waals surface area contributed by atoms with E-state index in [4.69, 9.17) is 22.2 Å². The number of nitrogens with two attached hydrogens (primary N) is 1. The molecule has 0 aliphatic carbocycles. The summed E-state index contributed by atoms with van der Waals surface area (Å²) in [6.07, 6.45) is 0. The van der Waals surface area contributed by atoms with Crippen LogP contribution in [0.2, 0.25) is 5.02 Å². The number of hydrazine groups is 1. The van der Waals surface area contributed by atoms with E-state index in [2.05, 4.69) is 0 Å². The van der Waals surface area contributed by atoms with Crippen molar-refractivity contribution in [1.29, 1.82) is 0 Å². The normalized spacial score (nSPS) is 11.1. The van der Waals surface area contributed by atoms with E-state index in [0.29, 0.717) is 5.75 Å². The van der Waals surface area contributed by atoms with Gasteiger partial charge in [0, 0.05) is 6.07 Å². The first-order valence-corrected chi connectivity index (χ1v) is 5.33. The summed E-state index contributed by atoms with van der Waals surface area (Å²) in [4.78, 5) is 11.4. The summed E-state index contributed by atoms with van der Waals surface area (Å²) in [6, 6.07) is 4.09. The van der Waals surface area contributed by atoms with Gasteiger partial charge >= 0.3 is 0 Å².